The monoisotopic (exact) mass is 524 g/mol. The summed E-state index contributed by atoms with van der Waals surface area (Å²) in [5, 5.41) is 4.80. The number of para-hydroxylation sites is 2. The molecule has 0 unspecified atom stereocenters. The number of carbonyl (C=O) groups excluding carboxylic acids is 2. The summed E-state index contributed by atoms with van der Waals surface area (Å²) in [5.41, 5.74) is 1.26. The highest BCUT2D eigenvalue weighted by molar-refractivity contribution is 6.31. The lowest BCUT2D eigenvalue weighted by Gasteiger charge is -2.15. The van der Waals surface area contributed by atoms with E-state index in [0.29, 0.717) is 22.6 Å². The van der Waals surface area contributed by atoms with Gasteiger partial charge in [0.2, 0.25) is 0 Å². The Labute approximate surface area is 217 Å². The number of ether oxygens (including phenoxy) is 4. The van der Waals surface area contributed by atoms with Crippen LogP contribution in [0.15, 0.2) is 66.7 Å². The molecule has 0 atom stereocenters. The highest BCUT2D eigenvalue weighted by atomic mass is 35.5. The van der Waals surface area contributed by atoms with Gasteiger partial charge in [-0.25, -0.2) is 18.7 Å². The van der Waals surface area contributed by atoms with Crippen LogP contribution in [0.3, 0.4) is 0 Å². The van der Waals surface area contributed by atoms with Crippen molar-refractivity contribution >= 4 is 23.5 Å². The van der Waals surface area contributed by atoms with Gasteiger partial charge in [-0.05, 0) is 36.4 Å². The molecule has 0 aliphatic heterocycles. The third-order valence-electron chi connectivity index (χ3n) is 5.50. The normalized spacial score (nSPS) is 10.6. The van der Waals surface area contributed by atoms with Gasteiger partial charge in [0.1, 0.15) is 23.7 Å². The molecule has 0 saturated heterocycles. The zero-order chi connectivity index (χ0) is 26.5. The second kappa shape index (κ2) is 11.1. The summed E-state index contributed by atoms with van der Waals surface area (Å²) in [7, 11) is 3.87. The lowest BCUT2D eigenvalue weighted by molar-refractivity contribution is 0.0549. The fourth-order valence-corrected chi connectivity index (χ4v) is 3.97. The molecular formula is C27H22ClFN2O6. The molecule has 0 amide bonds. The predicted molar refractivity (Wildman–Crippen MR) is 134 cm³/mol. The van der Waals surface area contributed by atoms with Gasteiger partial charge >= 0.3 is 11.9 Å². The first-order valence-electron chi connectivity index (χ1n) is 11.0. The Bertz CT molecular complexity index is 1460. The van der Waals surface area contributed by atoms with E-state index < -0.39 is 17.8 Å². The molecule has 3 aromatic carbocycles. The minimum absolute atomic E-state index is 0.0384. The number of carbonyl (C=O) groups is 2. The number of hydrogen-bond donors (Lipinski definition) is 0. The van der Waals surface area contributed by atoms with Crippen LogP contribution in [0.25, 0.3) is 16.9 Å². The SMILES string of the molecule is COC(=O)c1c(-c2cccc(OC)c2OCc2ccc(F)cc2Cl)nn(-c2ccccc2)c1C(=O)OC. The second-order valence-corrected chi connectivity index (χ2v) is 8.07. The van der Waals surface area contributed by atoms with E-state index >= 15 is 0 Å². The zero-order valence-electron chi connectivity index (χ0n) is 20.2. The van der Waals surface area contributed by atoms with E-state index in [1.54, 1.807) is 42.5 Å². The summed E-state index contributed by atoms with van der Waals surface area (Å²) in [4.78, 5) is 25.9. The molecule has 0 fully saturated rings. The van der Waals surface area contributed by atoms with E-state index in [2.05, 4.69) is 5.10 Å². The van der Waals surface area contributed by atoms with Crippen molar-refractivity contribution in [1.29, 1.82) is 0 Å². The third-order valence-corrected chi connectivity index (χ3v) is 5.85. The van der Waals surface area contributed by atoms with Crippen molar-refractivity contribution in [2.24, 2.45) is 0 Å². The highest BCUT2D eigenvalue weighted by Crippen LogP contribution is 2.41. The van der Waals surface area contributed by atoms with Crippen molar-refractivity contribution in [1.82, 2.24) is 9.78 Å². The van der Waals surface area contributed by atoms with Crippen LogP contribution < -0.4 is 9.47 Å². The number of hydrogen-bond acceptors (Lipinski definition) is 7. The molecule has 190 valence electrons. The van der Waals surface area contributed by atoms with Gasteiger partial charge in [-0.2, -0.15) is 5.10 Å². The average molecular weight is 525 g/mol. The van der Waals surface area contributed by atoms with E-state index in [9.17, 15) is 14.0 Å². The van der Waals surface area contributed by atoms with Crippen molar-refractivity contribution in [3.63, 3.8) is 0 Å². The van der Waals surface area contributed by atoms with Crippen molar-refractivity contribution in [2.75, 3.05) is 21.3 Å². The Balaban J connectivity index is 1.93. The fraction of sp³-hybridized carbons (Fsp3) is 0.148. The van der Waals surface area contributed by atoms with E-state index in [1.807, 2.05) is 6.07 Å². The molecule has 4 rings (SSSR count). The Morgan fingerprint density at radius 2 is 1.68 bits per heavy atom. The first-order valence-corrected chi connectivity index (χ1v) is 11.4. The molecular weight excluding hydrogens is 503 g/mol. The number of nitrogens with zero attached hydrogens (tertiary/aromatic N) is 2. The summed E-state index contributed by atoms with van der Waals surface area (Å²) in [5.74, 6) is -1.50. The van der Waals surface area contributed by atoms with E-state index in [1.165, 1.54) is 44.2 Å². The van der Waals surface area contributed by atoms with E-state index in [-0.39, 0.29) is 34.3 Å². The van der Waals surface area contributed by atoms with E-state index in [4.69, 9.17) is 30.5 Å². The Kier molecular flexibility index (Phi) is 7.74. The molecule has 0 radical (unpaired) electrons. The molecule has 0 aliphatic rings. The number of halogens is 2. The molecule has 10 heteroatoms. The number of rotatable bonds is 8. The van der Waals surface area contributed by atoms with Gasteiger partial charge in [-0.3, -0.25) is 0 Å². The van der Waals surface area contributed by atoms with Crippen LogP contribution in [0.5, 0.6) is 11.5 Å². The summed E-state index contributed by atoms with van der Waals surface area (Å²) in [6.07, 6.45) is 0. The highest BCUT2D eigenvalue weighted by Gasteiger charge is 2.33. The molecule has 0 aliphatic carbocycles. The van der Waals surface area contributed by atoms with Crippen LogP contribution in [-0.2, 0) is 16.1 Å². The number of benzene rings is 3. The van der Waals surface area contributed by atoms with Crippen LogP contribution in [0.2, 0.25) is 5.02 Å². The van der Waals surface area contributed by atoms with Crippen molar-refractivity contribution in [2.45, 2.75) is 6.61 Å². The molecule has 0 spiro atoms. The van der Waals surface area contributed by atoms with Gasteiger partial charge in [0.15, 0.2) is 17.2 Å². The fourth-order valence-electron chi connectivity index (χ4n) is 3.74. The lowest BCUT2D eigenvalue weighted by Crippen LogP contribution is -2.15. The second-order valence-electron chi connectivity index (χ2n) is 7.66. The van der Waals surface area contributed by atoms with Gasteiger partial charge < -0.3 is 18.9 Å². The number of aromatic nitrogens is 2. The molecule has 1 heterocycles. The van der Waals surface area contributed by atoms with Gasteiger partial charge in [0, 0.05) is 11.1 Å². The van der Waals surface area contributed by atoms with Gasteiger partial charge in [-0.15, -0.1) is 0 Å². The Morgan fingerprint density at radius 1 is 0.946 bits per heavy atom. The quantitative estimate of drug-likeness (QED) is 0.281. The molecule has 0 saturated carbocycles. The molecule has 0 N–H and O–H groups in total. The zero-order valence-corrected chi connectivity index (χ0v) is 20.9. The first kappa shape index (κ1) is 25.7. The third kappa shape index (κ3) is 5.12. The molecule has 0 bridgehead atoms. The van der Waals surface area contributed by atoms with Gasteiger partial charge in [0.25, 0.3) is 0 Å². The van der Waals surface area contributed by atoms with Crippen LogP contribution in [0.4, 0.5) is 4.39 Å². The van der Waals surface area contributed by atoms with Crippen molar-refractivity contribution < 1.29 is 32.9 Å². The predicted octanol–water partition coefficient (Wildman–Crippen LogP) is 5.49. The summed E-state index contributed by atoms with van der Waals surface area (Å²) >= 11 is 6.18. The topological polar surface area (TPSA) is 88.9 Å². The minimum Gasteiger partial charge on any atom is -0.493 e. The smallest absolute Gasteiger partial charge is 0.357 e. The first-order chi connectivity index (χ1) is 17.9. The van der Waals surface area contributed by atoms with Crippen LogP contribution in [0.1, 0.15) is 26.4 Å². The van der Waals surface area contributed by atoms with E-state index in [0.717, 1.165) is 0 Å². The molecule has 37 heavy (non-hydrogen) atoms. The number of esters is 2. The van der Waals surface area contributed by atoms with Gasteiger partial charge in [-0.1, -0.05) is 41.9 Å². The Morgan fingerprint density at radius 3 is 2.32 bits per heavy atom. The van der Waals surface area contributed by atoms with Gasteiger partial charge in [0.05, 0.1) is 32.0 Å². The summed E-state index contributed by atoms with van der Waals surface area (Å²) in [6.45, 7) is -0.0384. The maximum Gasteiger partial charge on any atom is 0.357 e. The molecule has 1 aromatic heterocycles. The molecule has 8 nitrogen and oxygen atoms in total. The van der Waals surface area contributed by atoms with Crippen molar-refractivity contribution in [3.8, 4) is 28.4 Å². The summed E-state index contributed by atoms with van der Waals surface area (Å²) in [6, 6.07) is 17.8. The largest absolute Gasteiger partial charge is 0.493 e. The van der Waals surface area contributed by atoms with Crippen LogP contribution >= 0.6 is 11.6 Å². The van der Waals surface area contributed by atoms with Crippen LogP contribution in [-0.4, -0.2) is 43.0 Å². The standard InChI is InChI=1S/C27H22ClFN2O6/c1-34-21-11-7-10-19(25(21)37-15-16-12-13-17(29)14-20(16)28)23-22(26(32)35-2)24(27(33)36-3)31(30-23)18-8-5-4-6-9-18/h4-14H,15H2,1-3H3. The maximum absolute atomic E-state index is 13.5. The average Bonchev–Trinajstić information content (AvgIpc) is 3.32. The minimum atomic E-state index is -0.798. The lowest BCUT2D eigenvalue weighted by atomic mass is 10.0. The summed E-state index contributed by atoms with van der Waals surface area (Å²) < 4.78 is 36.4. The number of methoxy groups -OCH3 is 3. The molecule has 4 aromatic rings. The Hall–Kier alpha value is -4.37. The maximum atomic E-state index is 13.5. The van der Waals surface area contributed by atoms with Crippen molar-refractivity contribution in [3.05, 3.63) is 94.4 Å². The van der Waals surface area contributed by atoms with Crippen LogP contribution in [0, 0.1) is 5.82 Å².